The Bertz CT molecular complexity index is 551. The molecule has 0 bridgehead atoms. The summed E-state index contributed by atoms with van der Waals surface area (Å²) in [6.45, 7) is 1.77. The highest BCUT2D eigenvalue weighted by Crippen LogP contribution is 2.21. The van der Waals surface area contributed by atoms with Crippen LogP contribution in [0.15, 0.2) is 24.4 Å². The van der Waals surface area contributed by atoms with Gasteiger partial charge in [-0.3, -0.25) is 0 Å². The molecule has 1 atom stereocenters. The maximum Gasteiger partial charge on any atom is 0.328 e. The fraction of sp³-hybridized carbons (Fsp3) is 0.429. The molecule has 0 saturated carbocycles. The van der Waals surface area contributed by atoms with Crippen LogP contribution in [0.1, 0.15) is 12.8 Å². The van der Waals surface area contributed by atoms with Crippen LogP contribution in [-0.4, -0.2) is 63.5 Å². The largest absolute Gasteiger partial charge is 0.478 e. The Hall–Kier alpha value is -2.19. The van der Waals surface area contributed by atoms with Crippen LogP contribution in [0.5, 0.6) is 5.88 Å². The number of likely N-dealkylation sites (N-methyl/N-ethyl adjacent to an activating group) is 1. The summed E-state index contributed by atoms with van der Waals surface area (Å²) in [7, 11) is 2.11. The second kappa shape index (κ2) is 9.75. The summed E-state index contributed by atoms with van der Waals surface area (Å²) in [5, 5.41) is 23.7. The van der Waals surface area contributed by atoms with E-state index in [0.29, 0.717) is 35.7 Å². The lowest BCUT2D eigenvalue weighted by Crippen LogP contribution is -2.30. The molecule has 1 aliphatic heterocycles. The van der Waals surface area contributed by atoms with Crippen LogP contribution in [0.3, 0.4) is 0 Å². The van der Waals surface area contributed by atoms with E-state index >= 15 is 0 Å². The van der Waals surface area contributed by atoms with E-state index in [1.54, 1.807) is 12.3 Å². The second-order valence-electron chi connectivity index (χ2n) is 4.78. The molecule has 1 fully saturated rings. The first-order chi connectivity index (χ1) is 10.9. The zero-order chi connectivity index (χ0) is 17.2. The van der Waals surface area contributed by atoms with Gasteiger partial charge >= 0.3 is 11.9 Å². The van der Waals surface area contributed by atoms with Crippen molar-refractivity contribution in [1.29, 1.82) is 0 Å². The highest BCUT2D eigenvalue weighted by atomic mass is 35.5. The lowest BCUT2D eigenvalue weighted by atomic mass is 10.2. The van der Waals surface area contributed by atoms with Crippen LogP contribution in [0.4, 0.5) is 0 Å². The summed E-state index contributed by atoms with van der Waals surface area (Å²) < 4.78 is 5.54. The lowest BCUT2D eigenvalue weighted by molar-refractivity contribution is -0.134. The number of aromatic nitrogens is 2. The molecule has 0 spiro atoms. The highest BCUT2D eigenvalue weighted by molar-refractivity contribution is 6.31. The molecule has 0 unspecified atom stereocenters. The molecule has 2 rings (SSSR count). The van der Waals surface area contributed by atoms with Crippen molar-refractivity contribution in [3.63, 3.8) is 0 Å². The molecule has 1 aromatic heterocycles. The minimum Gasteiger partial charge on any atom is -0.478 e. The molecule has 0 aliphatic carbocycles. The number of ether oxygens (including phenoxy) is 1. The van der Waals surface area contributed by atoms with Crippen molar-refractivity contribution in [1.82, 2.24) is 15.1 Å². The Morgan fingerprint density at radius 3 is 2.57 bits per heavy atom. The summed E-state index contributed by atoms with van der Waals surface area (Å²) in [6, 6.07) is 2.16. The molecule has 8 nitrogen and oxygen atoms in total. The van der Waals surface area contributed by atoms with Crippen molar-refractivity contribution in [3.05, 3.63) is 29.4 Å². The maximum absolute atomic E-state index is 9.55. The molecule has 0 radical (unpaired) electrons. The first-order valence-corrected chi connectivity index (χ1v) is 7.22. The first-order valence-electron chi connectivity index (χ1n) is 6.84. The average molecular weight is 344 g/mol. The van der Waals surface area contributed by atoms with Crippen molar-refractivity contribution in [2.24, 2.45) is 0 Å². The zero-order valence-corrected chi connectivity index (χ0v) is 13.3. The summed E-state index contributed by atoms with van der Waals surface area (Å²) in [5.41, 5.74) is 0. The number of hydrogen-bond donors (Lipinski definition) is 2. The fourth-order valence-electron chi connectivity index (χ4n) is 1.91. The van der Waals surface area contributed by atoms with E-state index in [0.717, 1.165) is 6.54 Å². The van der Waals surface area contributed by atoms with Gasteiger partial charge in [0.1, 0.15) is 11.6 Å². The van der Waals surface area contributed by atoms with Crippen LogP contribution in [0.2, 0.25) is 5.02 Å². The second-order valence-corrected chi connectivity index (χ2v) is 5.19. The van der Waals surface area contributed by atoms with E-state index in [9.17, 15) is 9.59 Å². The normalized spacial score (nSPS) is 17.6. The van der Waals surface area contributed by atoms with Gasteiger partial charge < -0.3 is 19.8 Å². The van der Waals surface area contributed by atoms with Crippen molar-refractivity contribution < 1.29 is 24.5 Å². The number of carboxylic acid groups (broad SMARTS) is 2. The number of hydrogen-bond acceptors (Lipinski definition) is 6. The van der Waals surface area contributed by atoms with Crippen LogP contribution >= 0.6 is 11.6 Å². The molecule has 2 N–H and O–H groups in total. The molecular formula is C14H18ClN3O5. The number of nitrogens with zero attached hydrogens (tertiary/aromatic N) is 3. The smallest absolute Gasteiger partial charge is 0.328 e. The SMILES string of the molecule is CN1CCC[C@H]1COc1nnccc1Cl.O=C(O)/C=C/C(=O)O. The number of likely N-dealkylation sites (tertiary alicyclic amines) is 1. The Morgan fingerprint density at radius 2 is 2.09 bits per heavy atom. The van der Waals surface area contributed by atoms with Gasteiger partial charge in [0.15, 0.2) is 0 Å². The Labute approximate surface area is 138 Å². The molecular weight excluding hydrogens is 326 g/mol. The van der Waals surface area contributed by atoms with E-state index in [4.69, 9.17) is 26.6 Å². The molecule has 126 valence electrons. The molecule has 1 aromatic rings. The maximum atomic E-state index is 9.55. The number of aliphatic carboxylic acids is 2. The van der Waals surface area contributed by atoms with Gasteiger partial charge in [-0.2, -0.15) is 5.10 Å². The quantitative estimate of drug-likeness (QED) is 0.769. The van der Waals surface area contributed by atoms with Crippen LogP contribution in [-0.2, 0) is 9.59 Å². The van der Waals surface area contributed by atoms with Crippen molar-refractivity contribution >= 4 is 23.5 Å². The summed E-state index contributed by atoms with van der Waals surface area (Å²) >= 11 is 5.90. The Kier molecular flexibility index (Phi) is 8.00. The summed E-state index contributed by atoms with van der Waals surface area (Å²) in [6.07, 6.45) is 5.08. The Balaban J connectivity index is 0.000000284. The van der Waals surface area contributed by atoms with Gasteiger partial charge in [-0.1, -0.05) is 11.6 Å². The number of carbonyl (C=O) groups is 2. The molecule has 0 amide bonds. The lowest BCUT2D eigenvalue weighted by Gasteiger charge is -2.19. The van der Waals surface area contributed by atoms with Crippen LogP contribution in [0, 0.1) is 0 Å². The molecule has 0 aromatic carbocycles. The molecule has 2 heterocycles. The predicted octanol–water partition coefficient (Wildman–Crippen LogP) is 1.31. The Morgan fingerprint density at radius 1 is 1.43 bits per heavy atom. The third kappa shape index (κ3) is 7.57. The van der Waals surface area contributed by atoms with Crippen LogP contribution in [0.25, 0.3) is 0 Å². The van der Waals surface area contributed by atoms with E-state index in [-0.39, 0.29) is 0 Å². The van der Waals surface area contributed by atoms with E-state index in [1.807, 2.05) is 0 Å². The third-order valence-electron chi connectivity index (χ3n) is 3.09. The third-order valence-corrected chi connectivity index (χ3v) is 3.38. The topological polar surface area (TPSA) is 113 Å². The standard InChI is InChI=1S/C10H14ClN3O.C4H4O4/c1-14-6-2-3-8(14)7-15-10-9(11)4-5-12-13-10;5-3(6)1-2-4(7)8/h4-5,8H,2-3,6-7H2,1H3;1-2H,(H,5,6)(H,7,8)/b;2-1+/t8-;/m0./s1. The van der Waals surface area contributed by atoms with Gasteiger partial charge in [0.2, 0.25) is 0 Å². The minimum atomic E-state index is -1.26. The van der Waals surface area contributed by atoms with Gasteiger partial charge in [-0.25, -0.2) is 9.59 Å². The van der Waals surface area contributed by atoms with Gasteiger partial charge in [-0.15, -0.1) is 5.10 Å². The molecule has 9 heteroatoms. The zero-order valence-electron chi connectivity index (χ0n) is 12.6. The van der Waals surface area contributed by atoms with Crippen LogP contribution < -0.4 is 4.74 Å². The van der Waals surface area contributed by atoms with Crippen molar-refractivity contribution in [2.45, 2.75) is 18.9 Å². The minimum absolute atomic E-state index is 0.430. The van der Waals surface area contributed by atoms with Gasteiger partial charge in [0.25, 0.3) is 5.88 Å². The number of carboxylic acids is 2. The van der Waals surface area contributed by atoms with E-state index in [2.05, 4.69) is 22.1 Å². The first kappa shape index (κ1) is 18.9. The number of halogens is 1. The van der Waals surface area contributed by atoms with E-state index in [1.165, 1.54) is 12.8 Å². The average Bonchev–Trinajstić information content (AvgIpc) is 2.90. The number of rotatable bonds is 5. The summed E-state index contributed by atoms with van der Waals surface area (Å²) in [4.78, 5) is 21.4. The highest BCUT2D eigenvalue weighted by Gasteiger charge is 2.21. The summed E-state index contributed by atoms with van der Waals surface area (Å²) in [5.74, 6) is -2.08. The van der Waals surface area contributed by atoms with Gasteiger partial charge in [-0.05, 0) is 32.5 Å². The monoisotopic (exact) mass is 343 g/mol. The van der Waals surface area contributed by atoms with Crippen molar-refractivity contribution in [3.8, 4) is 5.88 Å². The molecule has 1 saturated heterocycles. The molecule has 1 aliphatic rings. The van der Waals surface area contributed by atoms with Gasteiger partial charge in [0, 0.05) is 18.2 Å². The fourth-order valence-corrected chi connectivity index (χ4v) is 2.06. The van der Waals surface area contributed by atoms with Crippen molar-refractivity contribution in [2.75, 3.05) is 20.2 Å². The van der Waals surface area contributed by atoms with E-state index < -0.39 is 11.9 Å². The molecule has 23 heavy (non-hydrogen) atoms. The predicted molar refractivity (Wildman–Crippen MR) is 82.6 cm³/mol. The van der Waals surface area contributed by atoms with Gasteiger partial charge in [0.05, 0.1) is 6.20 Å².